The van der Waals surface area contributed by atoms with Gasteiger partial charge in [0.2, 0.25) is 0 Å². The van der Waals surface area contributed by atoms with Crippen LogP contribution >= 0.6 is 0 Å². The molecule has 0 aromatic heterocycles. The van der Waals surface area contributed by atoms with E-state index in [0.29, 0.717) is 6.61 Å². The van der Waals surface area contributed by atoms with Gasteiger partial charge in [-0.15, -0.1) is 0 Å². The molecule has 0 aromatic rings. The minimum absolute atomic E-state index is 0.224. The highest BCUT2D eigenvalue weighted by molar-refractivity contribution is 4.96. The number of aliphatic hydroxyl groups excluding tert-OH is 1. The maximum atomic E-state index is 9.42. The number of hydrogen-bond acceptors (Lipinski definition) is 2. The van der Waals surface area contributed by atoms with Crippen LogP contribution < -0.4 is 0 Å². The van der Waals surface area contributed by atoms with E-state index in [0.717, 1.165) is 38.9 Å². The lowest BCUT2D eigenvalue weighted by atomic mass is 9.77. The molecular formula is C13H25NO. The number of piperidine rings is 1. The molecule has 2 nitrogen and oxygen atoms in total. The Balaban J connectivity index is 2.38. The van der Waals surface area contributed by atoms with Crippen molar-refractivity contribution in [1.82, 2.24) is 4.90 Å². The summed E-state index contributed by atoms with van der Waals surface area (Å²) in [4.78, 5) is 2.48. The van der Waals surface area contributed by atoms with E-state index in [1.807, 2.05) is 0 Å². The SMILES string of the molecule is CCC1(CO)CCN(CC=C(C)C)CC1. The highest BCUT2D eigenvalue weighted by Gasteiger charge is 2.31. The summed E-state index contributed by atoms with van der Waals surface area (Å²) >= 11 is 0. The van der Waals surface area contributed by atoms with Crippen LogP contribution in [0.4, 0.5) is 0 Å². The van der Waals surface area contributed by atoms with E-state index < -0.39 is 0 Å². The third-order valence-corrected chi connectivity index (χ3v) is 3.76. The number of aliphatic hydroxyl groups is 1. The number of hydrogen-bond donors (Lipinski definition) is 1. The van der Waals surface area contributed by atoms with Crippen molar-refractivity contribution in [2.75, 3.05) is 26.2 Å². The Kier molecular flexibility index (Phi) is 4.81. The first-order valence-corrected chi connectivity index (χ1v) is 6.08. The topological polar surface area (TPSA) is 23.5 Å². The molecular weight excluding hydrogens is 186 g/mol. The first-order valence-electron chi connectivity index (χ1n) is 6.08. The third kappa shape index (κ3) is 3.62. The molecule has 15 heavy (non-hydrogen) atoms. The van der Waals surface area contributed by atoms with Gasteiger partial charge in [0, 0.05) is 13.2 Å². The van der Waals surface area contributed by atoms with Gasteiger partial charge >= 0.3 is 0 Å². The van der Waals surface area contributed by atoms with Crippen molar-refractivity contribution in [3.05, 3.63) is 11.6 Å². The molecule has 2 heteroatoms. The van der Waals surface area contributed by atoms with Crippen molar-refractivity contribution < 1.29 is 5.11 Å². The first kappa shape index (κ1) is 12.7. The van der Waals surface area contributed by atoms with Crippen LogP contribution in [-0.2, 0) is 0 Å². The van der Waals surface area contributed by atoms with Crippen molar-refractivity contribution in [3.63, 3.8) is 0 Å². The molecule has 1 fully saturated rings. The number of rotatable bonds is 4. The van der Waals surface area contributed by atoms with Crippen molar-refractivity contribution in [2.24, 2.45) is 5.41 Å². The van der Waals surface area contributed by atoms with Gasteiger partial charge in [0.05, 0.1) is 0 Å². The molecule has 88 valence electrons. The summed E-state index contributed by atoms with van der Waals surface area (Å²) in [6.45, 7) is 10.2. The van der Waals surface area contributed by atoms with Gasteiger partial charge in [-0.2, -0.15) is 0 Å². The Labute approximate surface area is 94.0 Å². The molecule has 1 N–H and O–H groups in total. The van der Waals surface area contributed by atoms with Crippen LogP contribution in [0, 0.1) is 5.41 Å². The van der Waals surface area contributed by atoms with E-state index in [4.69, 9.17) is 0 Å². The molecule has 0 aromatic carbocycles. The molecule has 0 atom stereocenters. The molecule has 0 spiro atoms. The summed E-state index contributed by atoms with van der Waals surface area (Å²) in [6, 6.07) is 0. The molecule has 1 heterocycles. The monoisotopic (exact) mass is 211 g/mol. The van der Waals surface area contributed by atoms with Crippen LogP contribution in [0.1, 0.15) is 40.0 Å². The largest absolute Gasteiger partial charge is 0.396 e. The van der Waals surface area contributed by atoms with Crippen LogP contribution in [0.25, 0.3) is 0 Å². The van der Waals surface area contributed by atoms with Gasteiger partial charge in [0.25, 0.3) is 0 Å². The molecule has 0 bridgehead atoms. The molecule has 1 aliphatic heterocycles. The minimum atomic E-state index is 0.224. The quantitative estimate of drug-likeness (QED) is 0.722. The summed E-state index contributed by atoms with van der Waals surface area (Å²) < 4.78 is 0. The van der Waals surface area contributed by atoms with Gasteiger partial charge in [-0.3, -0.25) is 4.90 Å². The Morgan fingerprint density at radius 3 is 2.33 bits per heavy atom. The van der Waals surface area contributed by atoms with Gasteiger partial charge in [0.1, 0.15) is 0 Å². The Morgan fingerprint density at radius 2 is 1.93 bits per heavy atom. The summed E-state index contributed by atoms with van der Waals surface area (Å²) in [5, 5.41) is 9.42. The fourth-order valence-corrected chi connectivity index (χ4v) is 2.15. The summed E-state index contributed by atoms with van der Waals surface area (Å²) in [6.07, 6.45) is 5.70. The molecule has 0 aliphatic carbocycles. The van der Waals surface area contributed by atoms with Crippen LogP contribution in [0.2, 0.25) is 0 Å². The predicted octanol–water partition coefficient (Wildman–Crippen LogP) is 2.44. The van der Waals surface area contributed by atoms with E-state index in [1.165, 1.54) is 5.57 Å². The zero-order valence-corrected chi connectivity index (χ0v) is 10.4. The van der Waals surface area contributed by atoms with E-state index in [2.05, 4.69) is 31.7 Å². The van der Waals surface area contributed by atoms with Crippen LogP contribution in [-0.4, -0.2) is 36.2 Å². The van der Waals surface area contributed by atoms with E-state index in [9.17, 15) is 5.11 Å². The van der Waals surface area contributed by atoms with Crippen molar-refractivity contribution in [2.45, 2.75) is 40.0 Å². The zero-order chi connectivity index (χ0) is 11.3. The van der Waals surface area contributed by atoms with Crippen LogP contribution in [0.15, 0.2) is 11.6 Å². The molecule has 1 saturated heterocycles. The van der Waals surface area contributed by atoms with Gasteiger partial charge in [-0.25, -0.2) is 0 Å². The summed E-state index contributed by atoms with van der Waals surface area (Å²) in [7, 11) is 0. The average Bonchev–Trinajstić information content (AvgIpc) is 2.27. The Bertz CT molecular complexity index is 205. The zero-order valence-electron chi connectivity index (χ0n) is 10.4. The van der Waals surface area contributed by atoms with Crippen molar-refractivity contribution in [3.8, 4) is 0 Å². The van der Waals surface area contributed by atoms with E-state index in [-0.39, 0.29) is 5.41 Å². The van der Waals surface area contributed by atoms with Gasteiger partial charge in [0.15, 0.2) is 0 Å². The second-order valence-electron chi connectivity index (χ2n) is 5.09. The number of likely N-dealkylation sites (tertiary alicyclic amines) is 1. The summed E-state index contributed by atoms with van der Waals surface area (Å²) in [5.41, 5.74) is 1.62. The number of nitrogens with zero attached hydrogens (tertiary/aromatic N) is 1. The van der Waals surface area contributed by atoms with Crippen LogP contribution in [0.5, 0.6) is 0 Å². The van der Waals surface area contributed by atoms with Gasteiger partial charge in [-0.1, -0.05) is 18.6 Å². The van der Waals surface area contributed by atoms with Crippen LogP contribution in [0.3, 0.4) is 0 Å². The second-order valence-corrected chi connectivity index (χ2v) is 5.09. The third-order valence-electron chi connectivity index (χ3n) is 3.76. The normalized spacial score (nSPS) is 21.3. The predicted molar refractivity (Wildman–Crippen MR) is 64.9 cm³/mol. The molecule has 1 rings (SSSR count). The molecule has 0 unspecified atom stereocenters. The maximum absolute atomic E-state index is 9.42. The second kappa shape index (κ2) is 5.66. The molecule has 0 amide bonds. The highest BCUT2D eigenvalue weighted by atomic mass is 16.3. The highest BCUT2D eigenvalue weighted by Crippen LogP contribution is 2.33. The van der Waals surface area contributed by atoms with Gasteiger partial charge < -0.3 is 5.11 Å². The fraction of sp³-hybridized carbons (Fsp3) is 0.846. The van der Waals surface area contributed by atoms with Crippen molar-refractivity contribution in [1.29, 1.82) is 0 Å². The smallest absolute Gasteiger partial charge is 0.0488 e. The lowest BCUT2D eigenvalue weighted by molar-refractivity contribution is 0.0450. The maximum Gasteiger partial charge on any atom is 0.0488 e. The van der Waals surface area contributed by atoms with E-state index in [1.54, 1.807) is 0 Å². The number of allylic oxidation sites excluding steroid dienone is 1. The lowest BCUT2D eigenvalue weighted by Gasteiger charge is -2.39. The summed E-state index contributed by atoms with van der Waals surface area (Å²) in [5.74, 6) is 0. The lowest BCUT2D eigenvalue weighted by Crippen LogP contribution is -2.41. The van der Waals surface area contributed by atoms with Gasteiger partial charge in [-0.05, 0) is 51.6 Å². The standard InChI is InChI=1S/C13H25NO/c1-4-13(11-15)6-9-14(10-7-13)8-5-12(2)3/h5,15H,4,6-11H2,1-3H3. The average molecular weight is 211 g/mol. The fourth-order valence-electron chi connectivity index (χ4n) is 2.15. The Morgan fingerprint density at radius 1 is 1.33 bits per heavy atom. The van der Waals surface area contributed by atoms with E-state index >= 15 is 0 Å². The Hall–Kier alpha value is -0.340. The van der Waals surface area contributed by atoms with Crippen molar-refractivity contribution >= 4 is 0 Å². The minimum Gasteiger partial charge on any atom is -0.396 e. The molecule has 0 saturated carbocycles. The first-order chi connectivity index (χ1) is 7.12. The molecule has 1 aliphatic rings. The molecule has 0 radical (unpaired) electrons.